The van der Waals surface area contributed by atoms with Crippen molar-refractivity contribution in [1.29, 1.82) is 0 Å². The van der Waals surface area contributed by atoms with Crippen molar-refractivity contribution in [2.24, 2.45) is 0 Å². The van der Waals surface area contributed by atoms with Crippen LogP contribution in [0.5, 0.6) is 0 Å². The molecule has 2 aromatic rings. The number of carbonyl (C=O) groups excluding carboxylic acids is 1. The van der Waals surface area contributed by atoms with Gasteiger partial charge in [-0.25, -0.2) is 4.98 Å². The quantitative estimate of drug-likeness (QED) is 0.847. The van der Waals surface area contributed by atoms with E-state index in [1.807, 2.05) is 39.8 Å². The van der Waals surface area contributed by atoms with Crippen LogP contribution in [0.3, 0.4) is 0 Å². The minimum Gasteiger partial charge on any atom is -0.351 e. The zero-order valence-electron chi connectivity index (χ0n) is 12.5. The fourth-order valence-electron chi connectivity index (χ4n) is 1.62. The number of hydrogen-bond acceptors (Lipinski definition) is 5. The van der Waals surface area contributed by atoms with Crippen LogP contribution in [0.15, 0.2) is 29.7 Å². The summed E-state index contributed by atoms with van der Waals surface area (Å²) >= 11 is 1.33. The fourth-order valence-corrected chi connectivity index (χ4v) is 2.35. The average molecular weight is 305 g/mol. The van der Waals surface area contributed by atoms with E-state index >= 15 is 0 Å². The van der Waals surface area contributed by atoms with Crippen LogP contribution in [0.4, 0.5) is 0 Å². The standard InChI is InChI=1S/C14H19N5OS/c1-9(12(20)17-14(2,3)4)21-13-16-11(18-19-13)10-5-7-15-8-6-10/h5-9H,1-4H3,(H,17,20)(H,16,18,19)/t9-/m0/s1. The molecular weight excluding hydrogens is 286 g/mol. The third-order valence-corrected chi connectivity index (χ3v) is 3.53. The van der Waals surface area contributed by atoms with Gasteiger partial charge in [0.05, 0.1) is 5.25 Å². The van der Waals surface area contributed by atoms with Gasteiger partial charge in [-0.15, -0.1) is 5.10 Å². The number of carbonyl (C=O) groups is 1. The van der Waals surface area contributed by atoms with Crippen LogP contribution in [0.2, 0.25) is 0 Å². The molecule has 6 nitrogen and oxygen atoms in total. The summed E-state index contributed by atoms with van der Waals surface area (Å²) in [5.41, 5.74) is 0.670. The van der Waals surface area contributed by atoms with E-state index in [-0.39, 0.29) is 16.7 Å². The Bertz CT molecular complexity index is 605. The normalized spacial score (nSPS) is 13.0. The van der Waals surface area contributed by atoms with E-state index in [2.05, 4.69) is 25.5 Å². The number of hydrogen-bond donors (Lipinski definition) is 2. The largest absolute Gasteiger partial charge is 0.351 e. The third kappa shape index (κ3) is 4.56. The van der Waals surface area contributed by atoms with Crippen molar-refractivity contribution in [1.82, 2.24) is 25.5 Å². The lowest BCUT2D eigenvalue weighted by Gasteiger charge is -2.22. The SMILES string of the molecule is C[C@H](Sc1n[nH]c(-c2ccncc2)n1)C(=O)NC(C)(C)C. The number of aromatic amines is 1. The van der Waals surface area contributed by atoms with E-state index in [1.54, 1.807) is 12.4 Å². The van der Waals surface area contributed by atoms with Crippen molar-refractivity contribution in [3.63, 3.8) is 0 Å². The molecule has 0 aliphatic carbocycles. The summed E-state index contributed by atoms with van der Waals surface area (Å²) in [4.78, 5) is 20.4. The minimum atomic E-state index is -0.259. The Kier molecular flexibility index (Phi) is 4.62. The van der Waals surface area contributed by atoms with E-state index < -0.39 is 0 Å². The second-order valence-corrected chi connectivity index (χ2v) is 7.01. The number of aromatic nitrogens is 4. The van der Waals surface area contributed by atoms with Gasteiger partial charge in [0.25, 0.3) is 0 Å². The Hall–Kier alpha value is -1.89. The monoisotopic (exact) mass is 305 g/mol. The van der Waals surface area contributed by atoms with Crippen molar-refractivity contribution in [2.45, 2.75) is 43.6 Å². The zero-order valence-corrected chi connectivity index (χ0v) is 13.4. The fraction of sp³-hybridized carbons (Fsp3) is 0.429. The highest BCUT2D eigenvalue weighted by Crippen LogP contribution is 2.22. The molecular formula is C14H19N5OS. The summed E-state index contributed by atoms with van der Waals surface area (Å²) in [6.45, 7) is 7.71. The highest BCUT2D eigenvalue weighted by molar-refractivity contribution is 8.00. The topological polar surface area (TPSA) is 83.6 Å². The van der Waals surface area contributed by atoms with Gasteiger partial charge in [0.2, 0.25) is 11.1 Å². The number of pyridine rings is 1. The molecule has 0 saturated heterocycles. The van der Waals surface area contributed by atoms with Crippen LogP contribution in [0, 0.1) is 0 Å². The van der Waals surface area contributed by atoms with E-state index in [0.29, 0.717) is 11.0 Å². The van der Waals surface area contributed by atoms with Gasteiger partial charge < -0.3 is 5.32 Å². The van der Waals surface area contributed by atoms with Gasteiger partial charge in [0.1, 0.15) is 0 Å². The molecule has 7 heteroatoms. The highest BCUT2D eigenvalue weighted by atomic mass is 32.2. The van der Waals surface area contributed by atoms with Crippen molar-refractivity contribution in [3.05, 3.63) is 24.5 Å². The predicted molar refractivity (Wildman–Crippen MR) is 82.8 cm³/mol. The Balaban J connectivity index is 2.01. The summed E-state index contributed by atoms with van der Waals surface area (Å²) in [5.74, 6) is 0.645. The molecule has 1 amide bonds. The Morgan fingerprint density at radius 2 is 2.00 bits per heavy atom. The first-order chi connectivity index (χ1) is 9.85. The van der Waals surface area contributed by atoms with Gasteiger partial charge in [0, 0.05) is 23.5 Å². The molecule has 2 rings (SSSR count). The van der Waals surface area contributed by atoms with Crippen molar-refractivity contribution in [2.75, 3.05) is 0 Å². The second-order valence-electron chi connectivity index (χ2n) is 5.70. The average Bonchev–Trinajstić information content (AvgIpc) is 2.86. The molecule has 0 aromatic carbocycles. The number of thioether (sulfide) groups is 1. The Labute approximate surface area is 128 Å². The van der Waals surface area contributed by atoms with Crippen LogP contribution in [0.1, 0.15) is 27.7 Å². The summed E-state index contributed by atoms with van der Waals surface area (Å²) in [7, 11) is 0. The van der Waals surface area contributed by atoms with Crippen molar-refractivity contribution >= 4 is 17.7 Å². The lowest BCUT2D eigenvalue weighted by atomic mass is 10.1. The number of amides is 1. The van der Waals surface area contributed by atoms with Crippen LogP contribution in [-0.4, -0.2) is 36.9 Å². The molecule has 0 fully saturated rings. The first-order valence-electron chi connectivity index (χ1n) is 6.66. The van der Waals surface area contributed by atoms with Gasteiger partial charge in [0.15, 0.2) is 5.82 Å². The van der Waals surface area contributed by atoms with Gasteiger partial charge in [-0.05, 0) is 39.8 Å². The molecule has 21 heavy (non-hydrogen) atoms. The van der Waals surface area contributed by atoms with E-state index in [1.165, 1.54) is 11.8 Å². The van der Waals surface area contributed by atoms with E-state index in [0.717, 1.165) is 5.56 Å². The lowest BCUT2D eigenvalue weighted by Crippen LogP contribution is -2.44. The van der Waals surface area contributed by atoms with Gasteiger partial charge in [-0.3, -0.25) is 14.9 Å². The van der Waals surface area contributed by atoms with Crippen molar-refractivity contribution in [3.8, 4) is 11.4 Å². The Morgan fingerprint density at radius 3 is 2.62 bits per heavy atom. The third-order valence-electron chi connectivity index (χ3n) is 2.57. The van der Waals surface area contributed by atoms with Gasteiger partial charge in [-0.2, -0.15) is 0 Å². The summed E-state index contributed by atoms with van der Waals surface area (Å²) in [6, 6.07) is 3.70. The molecule has 0 radical (unpaired) electrons. The molecule has 0 aliphatic rings. The maximum Gasteiger partial charge on any atom is 0.233 e. The minimum absolute atomic E-state index is 0.0252. The summed E-state index contributed by atoms with van der Waals surface area (Å²) in [6.07, 6.45) is 3.40. The Morgan fingerprint density at radius 1 is 1.33 bits per heavy atom. The van der Waals surface area contributed by atoms with E-state index in [9.17, 15) is 4.79 Å². The number of nitrogens with zero attached hydrogens (tertiary/aromatic N) is 3. The van der Waals surface area contributed by atoms with E-state index in [4.69, 9.17) is 0 Å². The summed E-state index contributed by atoms with van der Waals surface area (Å²) in [5, 5.41) is 10.2. The molecule has 2 heterocycles. The van der Waals surface area contributed by atoms with Crippen LogP contribution < -0.4 is 5.32 Å². The first-order valence-corrected chi connectivity index (χ1v) is 7.54. The predicted octanol–water partition coefficient (Wildman–Crippen LogP) is 2.26. The molecule has 0 saturated carbocycles. The number of H-pyrrole nitrogens is 1. The van der Waals surface area contributed by atoms with Crippen LogP contribution in [-0.2, 0) is 4.79 Å². The molecule has 2 aromatic heterocycles. The maximum atomic E-state index is 12.0. The van der Waals surface area contributed by atoms with Gasteiger partial charge in [-0.1, -0.05) is 11.8 Å². The first kappa shape index (κ1) is 15.5. The van der Waals surface area contributed by atoms with Crippen molar-refractivity contribution < 1.29 is 4.79 Å². The molecule has 0 aliphatic heterocycles. The molecule has 0 bridgehead atoms. The molecule has 1 atom stereocenters. The van der Waals surface area contributed by atoms with Crippen LogP contribution >= 0.6 is 11.8 Å². The number of rotatable bonds is 4. The van der Waals surface area contributed by atoms with Gasteiger partial charge >= 0.3 is 0 Å². The molecule has 0 unspecified atom stereocenters. The van der Waals surface area contributed by atoms with Crippen LogP contribution in [0.25, 0.3) is 11.4 Å². The number of nitrogens with one attached hydrogen (secondary N) is 2. The molecule has 0 spiro atoms. The summed E-state index contributed by atoms with van der Waals surface area (Å²) < 4.78 is 0. The molecule has 2 N–H and O–H groups in total. The second kappa shape index (κ2) is 6.26. The lowest BCUT2D eigenvalue weighted by molar-refractivity contribution is -0.121. The maximum absolute atomic E-state index is 12.0. The zero-order chi connectivity index (χ0) is 15.5. The smallest absolute Gasteiger partial charge is 0.233 e. The molecule has 112 valence electrons. The highest BCUT2D eigenvalue weighted by Gasteiger charge is 2.21.